The Morgan fingerprint density at radius 1 is 1.38 bits per heavy atom. The predicted molar refractivity (Wildman–Crippen MR) is 83.9 cm³/mol. The van der Waals surface area contributed by atoms with E-state index in [4.69, 9.17) is 5.73 Å². The molecule has 2 amide bonds. The third-order valence-electron chi connectivity index (χ3n) is 2.68. The summed E-state index contributed by atoms with van der Waals surface area (Å²) in [6.07, 6.45) is 3.15. The molecule has 2 rings (SSSR count). The van der Waals surface area contributed by atoms with E-state index in [2.05, 4.69) is 10.3 Å². The summed E-state index contributed by atoms with van der Waals surface area (Å²) in [7, 11) is 0. The first-order valence-electron chi connectivity index (χ1n) is 6.32. The molecular weight excluding hydrogens is 286 g/mol. The van der Waals surface area contributed by atoms with Crippen molar-refractivity contribution in [3.05, 3.63) is 52.0 Å². The van der Waals surface area contributed by atoms with Gasteiger partial charge in [-0.1, -0.05) is 18.2 Å². The van der Waals surface area contributed by atoms with E-state index in [0.717, 1.165) is 10.7 Å². The van der Waals surface area contributed by atoms with Crippen LogP contribution in [0.5, 0.6) is 0 Å². The second kappa shape index (κ2) is 6.81. The maximum Gasteiger partial charge on any atom is 0.248 e. The fourth-order valence-corrected chi connectivity index (χ4v) is 2.36. The van der Waals surface area contributed by atoms with Crippen molar-refractivity contribution in [2.24, 2.45) is 5.73 Å². The highest BCUT2D eigenvalue weighted by molar-refractivity contribution is 7.09. The molecule has 6 heteroatoms. The number of nitrogens with zero attached hydrogens (tertiary/aromatic N) is 1. The summed E-state index contributed by atoms with van der Waals surface area (Å²) >= 11 is 1.52. The smallest absolute Gasteiger partial charge is 0.248 e. The van der Waals surface area contributed by atoms with Crippen molar-refractivity contribution in [2.45, 2.75) is 13.3 Å². The Bertz CT molecular complexity index is 692. The number of hydrogen-bond donors (Lipinski definition) is 2. The molecule has 0 saturated heterocycles. The number of aryl methyl sites for hydroxylation is 1. The number of rotatable bonds is 5. The third kappa shape index (κ3) is 4.54. The molecule has 0 atom stereocenters. The summed E-state index contributed by atoms with van der Waals surface area (Å²) in [4.78, 5) is 27.1. The third-order valence-corrected chi connectivity index (χ3v) is 3.47. The van der Waals surface area contributed by atoms with Crippen LogP contribution >= 0.6 is 11.3 Å². The maximum absolute atomic E-state index is 11.9. The van der Waals surface area contributed by atoms with Crippen LogP contribution in [0, 0.1) is 6.92 Å². The van der Waals surface area contributed by atoms with Crippen molar-refractivity contribution in [3.8, 4) is 0 Å². The van der Waals surface area contributed by atoms with Crippen LogP contribution in [-0.2, 0) is 16.0 Å². The van der Waals surface area contributed by atoms with Crippen LogP contribution in [0.4, 0.5) is 5.69 Å². The lowest BCUT2D eigenvalue weighted by Crippen LogP contribution is -2.16. The Morgan fingerprint density at radius 2 is 2.14 bits per heavy atom. The molecule has 5 nitrogen and oxygen atoms in total. The van der Waals surface area contributed by atoms with Gasteiger partial charge in [-0.05, 0) is 24.6 Å². The monoisotopic (exact) mass is 301 g/mol. The first kappa shape index (κ1) is 14.9. The fourth-order valence-electron chi connectivity index (χ4n) is 1.78. The number of benzene rings is 1. The number of para-hydroxylation sites is 1. The van der Waals surface area contributed by atoms with Crippen LogP contribution in [0.2, 0.25) is 0 Å². The van der Waals surface area contributed by atoms with Gasteiger partial charge in [0.05, 0.1) is 17.1 Å². The van der Waals surface area contributed by atoms with Crippen LogP contribution < -0.4 is 11.1 Å². The van der Waals surface area contributed by atoms with Crippen molar-refractivity contribution < 1.29 is 9.59 Å². The first-order valence-corrected chi connectivity index (χ1v) is 7.20. The fraction of sp³-hybridized carbons (Fsp3) is 0.133. The molecule has 0 bridgehead atoms. The van der Waals surface area contributed by atoms with Gasteiger partial charge in [0, 0.05) is 17.1 Å². The average molecular weight is 301 g/mol. The number of hydrogen-bond acceptors (Lipinski definition) is 4. The molecule has 3 N–H and O–H groups in total. The molecule has 0 aliphatic rings. The van der Waals surface area contributed by atoms with Crippen molar-refractivity contribution in [1.82, 2.24) is 4.98 Å². The molecule has 0 saturated carbocycles. The zero-order chi connectivity index (χ0) is 15.2. The number of carbonyl (C=O) groups is 2. The first-order chi connectivity index (χ1) is 10.0. The van der Waals surface area contributed by atoms with Gasteiger partial charge < -0.3 is 11.1 Å². The lowest BCUT2D eigenvalue weighted by atomic mass is 10.1. The zero-order valence-corrected chi connectivity index (χ0v) is 12.3. The van der Waals surface area contributed by atoms with Gasteiger partial charge in [-0.3, -0.25) is 9.59 Å². The maximum atomic E-state index is 11.9. The summed E-state index contributed by atoms with van der Waals surface area (Å²) in [5.41, 5.74) is 7.21. The minimum Gasteiger partial charge on any atom is -0.369 e. The highest BCUT2D eigenvalue weighted by Gasteiger charge is 2.06. The molecule has 0 spiro atoms. The van der Waals surface area contributed by atoms with E-state index < -0.39 is 5.91 Å². The van der Waals surface area contributed by atoms with E-state index in [1.165, 1.54) is 17.4 Å². The summed E-state index contributed by atoms with van der Waals surface area (Å²) in [6.45, 7) is 1.90. The van der Waals surface area contributed by atoms with Gasteiger partial charge in [0.1, 0.15) is 0 Å². The normalized spacial score (nSPS) is 10.7. The molecule has 1 aromatic carbocycles. The average Bonchev–Trinajstić information content (AvgIpc) is 2.84. The minimum atomic E-state index is -0.440. The van der Waals surface area contributed by atoms with Gasteiger partial charge in [-0.2, -0.15) is 0 Å². The SMILES string of the molecule is Cc1nc(/C=C/C(=O)Nc2ccccc2CC(N)=O)cs1. The van der Waals surface area contributed by atoms with Gasteiger partial charge in [-0.25, -0.2) is 4.98 Å². The Balaban J connectivity index is 2.06. The van der Waals surface area contributed by atoms with Gasteiger partial charge >= 0.3 is 0 Å². The molecule has 0 unspecified atom stereocenters. The topological polar surface area (TPSA) is 85.1 Å². The summed E-state index contributed by atoms with van der Waals surface area (Å²) < 4.78 is 0. The number of aromatic nitrogens is 1. The Kier molecular flexibility index (Phi) is 4.84. The molecule has 0 radical (unpaired) electrons. The van der Waals surface area contributed by atoms with Gasteiger partial charge in [0.2, 0.25) is 11.8 Å². The molecule has 0 aliphatic heterocycles. The highest BCUT2D eigenvalue weighted by atomic mass is 32.1. The van der Waals surface area contributed by atoms with Crippen LogP contribution in [0.1, 0.15) is 16.3 Å². The molecule has 21 heavy (non-hydrogen) atoms. The van der Waals surface area contributed by atoms with E-state index in [1.54, 1.807) is 30.3 Å². The highest BCUT2D eigenvalue weighted by Crippen LogP contribution is 2.16. The lowest BCUT2D eigenvalue weighted by molar-refractivity contribution is -0.117. The summed E-state index contributed by atoms with van der Waals surface area (Å²) in [6, 6.07) is 7.07. The second-order valence-electron chi connectivity index (χ2n) is 4.41. The van der Waals surface area contributed by atoms with Gasteiger partial charge in [0.15, 0.2) is 0 Å². The summed E-state index contributed by atoms with van der Waals surface area (Å²) in [5.74, 6) is -0.720. The molecule has 108 valence electrons. The number of thiazole rings is 1. The van der Waals surface area contributed by atoms with Gasteiger partial charge in [0.25, 0.3) is 0 Å². The molecular formula is C15H15N3O2S. The van der Waals surface area contributed by atoms with Crippen molar-refractivity contribution in [3.63, 3.8) is 0 Å². The van der Waals surface area contributed by atoms with Crippen molar-refractivity contribution in [1.29, 1.82) is 0 Å². The minimum absolute atomic E-state index is 0.0887. The molecule has 1 heterocycles. The van der Waals surface area contributed by atoms with E-state index in [9.17, 15) is 9.59 Å². The second-order valence-corrected chi connectivity index (χ2v) is 5.48. The van der Waals surface area contributed by atoms with Crippen LogP contribution in [0.15, 0.2) is 35.7 Å². The lowest BCUT2D eigenvalue weighted by Gasteiger charge is -2.07. The number of nitrogens with two attached hydrogens (primary N) is 1. The van der Waals surface area contributed by atoms with E-state index in [0.29, 0.717) is 11.3 Å². The van der Waals surface area contributed by atoms with Crippen LogP contribution in [0.25, 0.3) is 6.08 Å². The molecule has 0 fully saturated rings. The number of carbonyl (C=O) groups excluding carboxylic acids is 2. The zero-order valence-electron chi connectivity index (χ0n) is 11.5. The Morgan fingerprint density at radius 3 is 2.81 bits per heavy atom. The van der Waals surface area contributed by atoms with Crippen LogP contribution in [-0.4, -0.2) is 16.8 Å². The van der Waals surface area contributed by atoms with Crippen molar-refractivity contribution in [2.75, 3.05) is 5.32 Å². The van der Waals surface area contributed by atoms with Crippen molar-refractivity contribution >= 4 is 34.9 Å². The number of primary amides is 1. The van der Waals surface area contributed by atoms with Gasteiger partial charge in [-0.15, -0.1) is 11.3 Å². The van der Waals surface area contributed by atoms with E-state index in [-0.39, 0.29) is 12.3 Å². The predicted octanol–water partition coefficient (Wildman–Crippen LogP) is 2.13. The quantitative estimate of drug-likeness (QED) is 0.830. The molecule has 2 aromatic rings. The standard InChI is InChI=1S/C15H15N3O2S/c1-10-17-12(9-21-10)6-7-15(20)18-13-5-3-2-4-11(13)8-14(16)19/h2-7,9H,8H2,1H3,(H2,16,19)(H,18,20)/b7-6+. The number of amides is 2. The largest absolute Gasteiger partial charge is 0.369 e. The Labute approximate surface area is 126 Å². The van der Waals surface area contributed by atoms with E-state index >= 15 is 0 Å². The number of anilines is 1. The number of nitrogens with one attached hydrogen (secondary N) is 1. The van der Waals surface area contributed by atoms with E-state index in [1.807, 2.05) is 12.3 Å². The molecule has 1 aromatic heterocycles. The van der Waals surface area contributed by atoms with Crippen LogP contribution in [0.3, 0.4) is 0 Å². The molecule has 0 aliphatic carbocycles. The summed E-state index contributed by atoms with van der Waals surface area (Å²) in [5, 5.41) is 5.56. The Hall–Kier alpha value is -2.47.